The number of nitrogens with zero attached hydrogens (tertiary/aromatic N) is 2. The second-order valence-electron chi connectivity index (χ2n) is 6.84. The summed E-state index contributed by atoms with van der Waals surface area (Å²) in [7, 11) is -0.857. The number of benzene rings is 2. The summed E-state index contributed by atoms with van der Waals surface area (Å²) in [5.74, 6) is -0.255. The molecule has 1 atom stereocenters. The van der Waals surface area contributed by atoms with Gasteiger partial charge in [-0.25, -0.2) is 23.5 Å². The van der Waals surface area contributed by atoms with Gasteiger partial charge in [-0.05, 0) is 29.8 Å². The summed E-state index contributed by atoms with van der Waals surface area (Å²) in [6, 6.07) is 7.64. The van der Waals surface area contributed by atoms with Gasteiger partial charge in [0.2, 0.25) is 15.9 Å². The molecule has 2 heterocycles. The van der Waals surface area contributed by atoms with Crippen molar-refractivity contribution in [1.82, 2.24) is 9.97 Å². The van der Waals surface area contributed by atoms with Gasteiger partial charge < -0.3 is 19.5 Å². The van der Waals surface area contributed by atoms with E-state index in [2.05, 4.69) is 15.3 Å². The van der Waals surface area contributed by atoms with Crippen LogP contribution in [-0.4, -0.2) is 51.7 Å². The smallest absolute Gasteiger partial charge is 0.238 e. The summed E-state index contributed by atoms with van der Waals surface area (Å²) in [5.41, 5.74) is 1.92. The predicted molar refractivity (Wildman–Crippen MR) is 119 cm³/mol. The molecule has 0 radical (unpaired) electrons. The first kappa shape index (κ1) is 23.7. The van der Waals surface area contributed by atoms with Gasteiger partial charge in [-0.15, -0.1) is 12.4 Å². The maximum absolute atomic E-state index is 12.8. The molecule has 0 aliphatic carbocycles. The van der Waals surface area contributed by atoms with E-state index in [1.165, 1.54) is 31.6 Å². The number of hydrogen-bond donors (Lipinski definition) is 2. The van der Waals surface area contributed by atoms with Crippen LogP contribution in [0.15, 0.2) is 41.6 Å². The van der Waals surface area contributed by atoms with Gasteiger partial charge in [0.1, 0.15) is 18.9 Å². The van der Waals surface area contributed by atoms with Crippen molar-refractivity contribution in [2.24, 2.45) is 5.14 Å². The number of sulfonamides is 1. The molecular formula is C20H21ClN4O6S. The summed E-state index contributed by atoms with van der Waals surface area (Å²) in [5, 5.41) is 8.60. The molecule has 3 N–H and O–H groups in total. The van der Waals surface area contributed by atoms with Crippen LogP contribution in [0.25, 0.3) is 10.9 Å². The van der Waals surface area contributed by atoms with Crippen LogP contribution in [0, 0.1) is 0 Å². The van der Waals surface area contributed by atoms with E-state index >= 15 is 0 Å². The molecule has 1 amide bonds. The lowest BCUT2D eigenvalue weighted by molar-refractivity contribution is -0.116. The van der Waals surface area contributed by atoms with Crippen LogP contribution in [0.2, 0.25) is 0 Å². The first-order chi connectivity index (χ1) is 14.8. The number of carbonyl (C=O) groups excluding carboxylic acids is 1. The van der Waals surface area contributed by atoms with Gasteiger partial charge in [-0.2, -0.15) is 0 Å². The van der Waals surface area contributed by atoms with Crippen molar-refractivity contribution in [2.45, 2.75) is 10.8 Å². The van der Waals surface area contributed by atoms with Crippen molar-refractivity contribution >= 4 is 44.9 Å². The van der Waals surface area contributed by atoms with E-state index in [0.717, 1.165) is 0 Å². The van der Waals surface area contributed by atoms with Gasteiger partial charge in [0.15, 0.2) is 11.5 Å². The van der Waals surface area contributed by atoms with E-state index in [-0.39, 0.29) is 23.2 Å². The Kier molecular flexibility index (Phi) is 6.84. The van der Waals surface area contributed by atoms with Crippen LogP contribution >= 0.6 is 12.4 Å². The molecule has 0 bridgehead atoms. The quantitative estimate of drug-likeness (QED) is 0.487. The number of aromatic nitrogens is 2. The molecule has 10 nitrogen and oxygen atoms in total. The average Bonchev–Trinajstić information content (AvgIpc) is 3.07. The lowest BCUT2D eigenvalue weighted by Crippen LogP contribution is -2.16. The zero-order chi connectivity index (χ0) is 22.2. The first-order valence-corrected chi connectivity index (χ1v) is 10.8. The molecule has 170 valence electrons. The van der Waals surface area contributed by atoms with E-state index in [1.54, 1.807) is 19.2 Å². The van der Waals surface area contributed by atoms with Gasteiger partial charge >= 0.3 is 0 Å². The molecule has 32 heavy (non-hydrogen) atoms. The Morgan fingerprint density at radius 3 is 2.56 bits per heavy atom. The third-order valence-corrected chi connectivity index (χ3v) is 5.86. The van der Waals surface area contributed by atoms with E-state index < -0.39 is 15.9 Å². The number of halogens is 1. The molecule has 1 aliphatic heterocycles. The lowest BCUT2D eigenvalue weighted by atomic mass is 9.94. The number of carbonyl (C=O) groups is 1. The number of nitrogens with one attached hydrogen (secondary N) is 1. The summed E-state index contributed by atoms with van der Waals surface area (Å²) in [4.78, 5) is 21.4. The standard InChI is InChI=1S/C20H20N4O6S.ClH/c1-28-5-6-30-17-9-15-13(8-16(17)29-2)19(23-10-22-15)18-12-7-11(31(21,26)27)3-4-14(12)24-20(18)25;/h3-4,7-10,18H,5-6H2,1-2H3,(H,24,25)(H2,21,26,27);1H. The Balaban J connectivity index is 0.00000289. The molecule has 4 rings (SSSR count). The molecule has 1 unspecified atom stereocenters. The van der Waals surface area contributed by atoms with Crippen molar-refractivity contribution in [3.63, 3.8) is 0 Å². The zero-order valence-electron chi connectivity index (χ0n) is 17.2. The number of anilines is 1. The number of rotatable bonds is 7. The van der Waals surface area contributed by atoms with Gasteiger partial charge in [0.25, 0.3) is 0 Å². The number of primary sulfonamides is 1. The molecule has 0 saturated carbocycles. The van der Waals surface area contributed by atoms with Crippen molar-refractivity contribution in [1.29, 1.82) is 0 Å². The normalized spacial score (nSPS) is 15.1. The topological polar surface area (TPSA) is 143 Å². The summed E-state index contributed by atoms with van der Waals surface area (Å²) < 4.78 is 39.8. The number of amides is 1. The van der Waals surface area contributed by atoms with Crippen molar-refractivity contribution in [3.05, 3.63) is 47.9 Å². The highest BCUT2D eigenvalue weighted by Gasteiger charge is 2.35. The van der Waals surface area contributed by atoms with Gasteiger partial charge in [-0.3, -0.25) is 4.79 Å². The number of fused-ring (bicyclic) bond motifs is 2. The van der Waals surface area contributed by atoms with Gasteiger partial charge in [-0.1, -0.05) is 0 Å². The molecule has 0 fully saturated rings. The number of ether oxygens (including phenoxy) is 3. The van der Waals surface area contributed by atoms with Crippen LogP contribution in [0.4, 0.5) is 5.69 Å². The largest absolute Gasteiger partial charge is 0.493 e. The minimum absolute atomic E-state index is 0. The minimum atomic E-state index is -3.94. The number of hydrogen-bond acceptors (Lipinski definition) is 8. The Hall–Kier alpha value is -2.99. The average molecular weight is 481 g/mol. The van der Waals surface area contributed by atoms with E-state index in [4.69, 9.17) is 19.3 Å². The predicted octanol–water partition coefficient (Wildman–Crippen LogP) is 1.82. The summed E-state index contributed by atoms with van der Waals surface area (Å²) in [6.07, 6.45) is 1.35. The Morgan fingerprint density at radius 2 is 1.88 bits per heavy atom. The molecule has 1 aromatic heterocycles. The summed E-state index contributed by atoms with van der Waals surface area (Å²) in [6.45, 7) is 0.729. The zero-order valence-corrected chi connectivity index (χ0v) is 18.8. The second kappa shape index (κ2) is 9.25. The first-order valence-electron chi connectivity index (χ1n) is 9.25. The molecule has 0 spiro atoms. The third-order valence-electron chi connectivity index (χ3n) is 4.95. The fourth-order valence-corrected chi connectivity index (χ4v) is 4.06. The third kappa shape index (κ3) is 4.32. The molecule has 2 aromatic carbocycles. The SMILES string of the molecule is COCCOc1cc2ncnc(C3C(=O)Nc4ccc(S(N)(=O)=O)cc43)c2cc1OC.Cl. The van der Waals surface area contributed by atoms with Crippen molar-refractivity contribution in [3.8, 4) is 11.5 Å². The maximum Gasteiger partial charge on any atom is 0.238 e. The van der Waals surface area contributed by atoms with Crippen LogP contribution in [0.3, 0.4) is 0 Å². The number of nitrogens with two attached hydrogens (primary N) is 1. The van der Waals surface area contributed by atoms with Crippen LogP contribution in [0.1, 0.15) is 17.2 Å². The van der Waals surface area contributed by atoms with Gasteiger partial charge in [0.05, 0.1) is 29.8 Å². The highest BCUT2D eigenvalue weighted by atomic mass is 35.5. The summed E-state index contributed by atoms with van der Waals surface area (Å²) >= 11 is 0. The Bertz CT molecular complexity index is 1280. The van der Waals surface area contributed by atoms with E-state index in [9.17, 15) is 13.2 Å². The molecule has 3 aromatic rings. The monoisotopic (exact) mass is 480 g/mol. The highest BCUT2D eigenvalue weighted by Crippen LogP contribution is 2.41. The van der Waals surface area contributed by atoms with Crippen molar-refractivity contribution < 1.29 is 27.4 Å². The molecule has 1 aliphatic rings. The van der Waals surface area contributed by atoms with Gasteiger partial charge in [0, 0.05) is 24.2 Å². The Labute approximate surface area is 190 Å². The molecular weight excluding hydrogens is 460 g/mol. The van der Waals surface area contributed by atoms with Crippen molar-refractivity contribution in [2.75, 3.05) is 32.8 Å². The van der Waals surface area contributed by atoms with Crippen LogP contribution in [-0.2, 0) is 19.6 Å². The van der Waals surface area contributed by atoms with E-state index in [1.807, 2.05) is 0 Å². The maximum atomic E-state index is 12.8. The number of methoxy groups -OCH3 is 2. The highest BCUT2D eigenvalue weighted by molar-refractivity contribution is 7.89. The second-order valence-corrected chi connectivity index (χ2v) is 8.40. The fraction of sp³-hybridized carbons (Fsp3) is 0.250. The Morgan fingerprint density at radius 1 is 1.09 bits per heavy atom. The van der Waals surface area contributed by atoms with Crippen LogP contribution < -0.4 is 19.9 Å². The van der Waals surface area contributed by atoms with E-state index in [0.29, 0.717) is 52.6 Å². The minimum Gasteiger partial charge on any atom is -0.493 e. The lowest BCUT2D eigenvalue weighted by Gasteiger charge is -2.15. The molecule has 0 saturated heterocycles. The molecule has 12 heteroatoms. The van der Waals surface area contributed by atoms with Crippen LogP contribution in [0.5, 0.6) is 11.5 Å². The fourth-order valence-electron chi connectivity index (χ4n) is 3.51.